The maximum Gasteiger partial charge on any atom is 0.313 e. The van der Waals surface area contributed by atoms with E-state index >= 15 is 0 Å². The van der Waals surface area contributed by atoms with Crippen LogP contribution < -0.4 is 5.32 Å². The van der Waals surface area contributed by atoms with Crippen LogP contribution in [0.1, 0.15) is 27.4 Å². The Bertz CT molecular complexity index is 734. The van der Waals surface area contributed by atoms with Crippen molar-refractivity contribution >= 4 is 29.3 Å². The quantitative estimate of drug-likeness (QED) is 0.845. The molecule has 2 aromatic rings. The van der Waals surface area contributed by atoms with E-state index in [1.165, 1.54) is 18.0 Å². The first kappa shape index (κ1) is 17.0. The summed E-state index contributed by atoms with van der Waals surface area (Å²) in [6, 6.07) is 7.33. The monoisotopic (exact) mass is 331 g/mol. The van der Waals surface area contributed by atoms with Crippen LogP contribution in [-0.4, -0.2) is 32.7 Å². The number of rotatable bonds is 6. The number of anilines is 1. The lowest BCUT2D eigenvalue weighted by Gasteiger charge is -2.09. The van der Waals surface area contributed by atoms with Crippen molar-refractivity contribution in [3.8, 4) is 0 Å². The van der Waals surface area contributed by atoms with E-state index in [1.54, 1.807) is 19.9 Å². The summed E-state index contributed by atoms with van der Waals surface area (Å²) in [7, 11) is 0. The number of thioether (sulfide) groups is 1. The number of hydrogen-bond acceptors (Lipinski definition) is 5. The number of aliphatic carboxylic acids is 1. The van der Waals surface area contributed by atoms with Gasteiger partial charge in [-0.2, -0.15) is 0 Å². The molecule has 23 heavy (non-hydrogen) atoms. The second kappa shape index (κ2) is 7.73. The second-order valence-corrected chi connectivity index (χ2v) is 5.94. The molecule has 1 aromatic carbocycles. The van der Waals surface area contributed by atoms with Gasteiger partial charge in [-0.05, 0) is 31.5 Å². The highest BCUT2D eigenvalue weighted by Crippen LogP contribution is 2.17. The number of carbonyl (C=O) groups excluding carboxylic acids is 1. The standard InChI is InChI=1S/C16H17N3O3S/c1-10-14(7-17-11(2)18-10)16(22)19-13-5-3-4-12(6-13)8-23-9-15(20)21/h3-7H,8-9H2,1-2H3,(H,19,22)(H,20,21). The summed E-state index contributed by atoms with van der Waals surface area (Å²) in [5.41, 5.74) is 2.67. The van der Waals surface area contributed by atoms with Crippen LogP contribution >= 0.6 is 11.8 Å². The van der Waals surface area contributed by atoms with Crippen LogP contribution in [0.2, 0.25) is 0 Å². The number of aromatic nitrogens is 2. The summed E-state index contributed by atoms with van der Waals surface area (Å²) >= 11 is 1.31. The number of carboxylic acid groups (broad SMARTS) is 1. The molecular weight excluding hydrogens is 314 g/mol. The molecule has 0 radical (unpaired) electrons. The summed E-state index contributed by atoms with van der Waals surface area (Å²) < 4.78 is 0. The lowest BCUT2D eigenvalue weighted by Crippen LogP contribution is -2.15. The van der Waals surface area contributed by atoms with Crippen molar-refractivity contribution in [2.45, 2.75) is 19.6 Å². The van der Waals surface area contributed by atoms with E-state index in [2.05, 4.69) is 15.3 Å². The number of aryl methyl sites for hydroxylation is 2. The maximum atomic E-state index is 12.3. The van der Waals surface area contributed by atoms with Crippen molar-refractivity contribution in [2.24, 2.45) is 0 Å². The van der Waals surface area contributed by atoms with Gasteiger partial charge >= 0.3 is 5.97 Å². The van der Waals surface area contributed by atoms with Crippen LogP contribution in [0.25, 0.3) is 0 Å². The van der Waals surface area contributed by atoms with Gasteiger partial charge in [-0.1, -0.05) is 12.1 Å². The first-order valence-corrected chi connectivity index (χ1v) is 8.11. The summed E-state index contributed by atoms with van der Waals surface area (Å²) in [5, 5.41) is 11.5. The van der Waals surface area contributed by atoms with Crippen molar-refractivity contribution in [1.82, 2.24) is 9.97 Å². The van der Waals surface area contributed by atoms with Crippen LogP contribution in [0.4, 0.5) is 5.69 Å². The van der Waals surface area contributed by atoms with Gasteiger partial charge in [-0.3, -0.25) is 9.59 Å². The number of nitrogens with one attached hydrogen (secondary N) is 1. The molecule has 0 atom stereocenters. The van der Waals surface area contributed by atoms with Crippen LogP contribution in [0.5, 0.6) is 0 Å². The number of hydrogen-bond donors (Lipinski definition) is 2. The Morgan fingerprint density at radius 3 is 2.78 bits per heavy atom. The number of benzene rings is 1. The molecule has 0 aliphatic carbocycles. The third kappa shape index (κ3) is 5.07. The third-order valence-corrected chi connectivity index (χ3v) is 4.01. The summed E-state index contributed by atoms with van der Waals surface area (Å²) in [5.74, 6) is 0.141. The molecule has 120 valence electrons. The van der Waals surface area contributed by atoms with Gasteiger partial charge in [0, 0.05) is 17.6 Å². The molecule has 1 amide bonds. The van der Waals surface area contributed by atoms with Crippen LogP contribution in [0.15, 0.2) is 30.5 Å². The van der Waals surface area contributed by atoms with Crippen molar-refractivity contribution in [1.29, 1.82) is 0 Å². The highest BCUT2D eigenvalue weighted by molar-refractivity contribution is 7.99. The minimum atomic E-state index is -0.839. The van der Waals surface area contributed by atoms with Crippen LogP contribution in [0.3, 0.4) is 0 Å². The molecule has 1 aromatic heterocycles. The molecule has 0 saturated heterocycles. The van der Waals surface area contributed by atoms with Gasteiger partial charge in [-0.25, -0.2) is 9.97 Å². The zero-order chi connectivity index (χ0) is 16.8. The van der Waals surface area contributed by atoms with Crippen LogP contribution in [0, 0.1) is 13.8 Å². The number of nitrogens with zero attached hydrogens (tertiary/aromatic N) is 2. The van der Waals surface area contributed by atoms with Crippen molar-refractivity contribution in [3.05, 3.63) is 53.1 Å². The maximum absolute atomic E-state index is 12.3. The zero-order valence-electron chi connectivity index (χ0n) is 12.9. The number of carbonyl (C=O) groups is 2. The van der Waals surface area contributed by atoms with E-state index in [4.69, 9.17) is 5.11 Å². The van der Waals surface area contributed by atoms with Gasteiger partial charge < -0.3 is 10.4 Å². The molecule has 0 spiro atoms. The molecule has 0 bridgehead atoms. The summed E-state index contributed by atoms with van der Waals surface area (Å²) in [6.07, 6.45) is 1.51. The third-order valence-electron chi connectivity index (χ3n) is 3.02. The highest BCUT2D eigenvalue weighted by Gasteiger charge is 2.11. The Morgan fingerprint density at radius 1 is 1.30 bits per heavy atom. The molecule has 2 rings (SSSR count). The fourth-order valence-electron chi connectivity index (χ4n) is 2.00. The van der Waals surface area contributed by atoms with E-state index < -0.39 is 5.97 Å². The van der Waals surface area contributed by atoms with Gasteiger partial charge in [0.1, 0.15) is 5.82 Å². The minimum Gasteiger partial charge on any atom is -0.481 e. The molecule has 0 aliphatic rings. The number of carboxylic acids is 1. The lowest BCUT2D eigenvalue weighted by atomic mass is 10.2. The van der Waals surface area contributed by atoms with E-state index in [1.807, 2.05) is 18.2 Å². The zero-order valence-corrected chi connectivity index (χ0v) is 13.7. The molecule has 0 unspecified atom stereocenters. The minimum absolute atomic E-state index is 0.0521. The fraction of sp³-hybridized carbons (Fsp3) is 0.250. The van der Waals surface area contributed by atoms with Gasteiger partial charge in [0.2, 0.25) is 0 Å². The Hall–Kier alpha value is -2.41. The predicted molar refractivity (Wildman–Crippen MR) is 89.7 cm³/mol. The first-order valence-electron chi connectivity index (χ1n) is 6.96. The van der Waals surface area contributed by atoms with E-state index in [9.17, 15) is 9.59 Å². The van der Waals surface area contributed by atoms with Crippen molar-refractivity contribution < 1.29 is 14.7 Å². The van der Waals surface area contributed by atoms with Crippen molar-refractivity contribution in [2.75, 3.05) is 11.1 Å². The van der Waals surface area contributed by atoms with Crippen molar-refractivity contribution in [3.63, 3.8) is 0 Å². The summed E-state index contributed by atoms with van der Waals surface area (Å²) in [4.78, 5) is 31.0. The highest BCUT2D eigenvalue weighted by atomic mass is 32.2. The Morgan fingerprint density at radius 2 is 2.09 bits per heavy atom. The van der Waals surface area contributed by atoms with Crippen LogP contribution in [-0.2, 0) is 10.5 Å². The predicted octanol–water partition coefficient (Wildman–Crippen LogP) is 2.66. The molecule has 1 heterocycles. The molecular formula is C16H17N3O3S. The molecule has 0 saturated carbocycles. The average molecular weight is 331 g/mol. The molecule has 7 heteroatoms. The molecule has 2 N–H and O–H groups in total. The SMILES string of the molecule is Cc1ncc(C(=O)Nc2cccc(CSCC(=O)O)c2)c(C)n1. The van der Waals surface area contributed by atoms with Gasteiger partial charge in [0.05, 0.1) is 17.0 Å². The van der Waals surface area contributed by atoms with E-state index in [-0.39, 0.29) is 11.7 Å². The van der Waals surface area contributed by atoms with Gasteiger partial charge in [-0.15, -0.1) is 11.8 Å². The molecule has 0 aliphatic heterocycles. The Balaban J connectivity index is 2.04. The lowest BCUT2D eigenvalue weighted by molar-refractivity contribution is -0.133. The smallest absolute Gasteiger partial charge is 0.313 e. The van der Waals surface area contributed by atoms with Gasteiger partial charge in [0.15, 0.2) is 0 Å². The van der Waals surface area contributed by atoms with E-state index in [0.717, 1.165) is 5.56 Å². The Labute approximate surface area is 138 Å². The number of amides is 1. The van der Waals surface area contributed by atoms with Gasteiger partial charge in [0.25, 0.3) is 5.91 Å². The second-order valence-electron chi connectivity index (χ2n) is 4.96. The fourth-order valence-corrected chi connectivity index (χ4v) is 2.69. The topological polar surface area (TPSA) is 92.2 Å². The largest absolute Gasteiger partial charge is 0.481 e. The Kier molecular flexibility index (Phi) is 5.70. The molecule has 0 fully saturated rings. The first-order chi connectivity index (χ1) is 11.0. The average Bonchev–Trinajstić information content (AvgIpc) is 2.47. The summed E-state index contributed by atoms with van der Waals surface area (Å²) in [6.45, 7) is 3.54. The molecule has 6 nitrogen and oxygen atoms in total. The normalized spacial score (nSPS) is 10.3. The van der Waals surface area contributed by atoms with E-state index in [0.29, 0.717) is 28.5 Å².